The van der Waals surface area contributed by atoms with E-state index in [0.717, 1.165) is 57.1 Å². The predicted molar refractivity (Wildman–Crippen MR) is 149 cm³/mol. The number of piperazine rings is 1. The van der Waals surface area contributed by atoms with Crippen LogP contribution in [0.5, 0.6) is 0 Å². The number of piperidine rings is 1. The lowest BCUT2D eigenvalue weighted by molar-refractivity contribution is 0.0526. The minimum Gasteiger partial charge on any atom is -0.420 e. The Morgan fingerprint density at radius 1 is 1.11 bits per heavy atom. The van der Waals surface area contributed by atoms with E-state index in [1.54, 1.807) is 31.3 Å². The number of carbonyl (C=O) groups is 1. The van der Waals surface area contributed by atoms with E-state index in [4.69, 9.17) is 21.8 Å². The molecule has 2 N–H and O–H groups in total. The van der Waals surface area contributed by atoms with Gasteiger partial charge in [0, 0.05) is 62.4 Å². The zero-order chi connectivity index (χ0) is 27.4. The molecule has 3 aromatic rings. The topological polar surface area (TPSA) is 118 Å². The van der Waals surface area contributed by atoms with Gasteiger partial charge in [-0.05, 0) is 44.9 Å². The molecule has 5 rings (SSSR count). The molecule has 38 heavy (non-hydrogen) atoms. The van der Waals surface area contributed by atoms with E-state index in [2.05, 4.69) is 36.9 Å². The molecular formula is C27H37ClN8O2. The molecule has 2 aromatic heterocycles. The molecule has 2 fully saturated rings. The zero-order valence-corrected chi connectivity index (χ0v) is 23.6. The highest BCUT2D eigenvalue weighted by atomic mass is 35.5. The maximum Gasteiger partial charge on any atom is 0.267 e. The lowest BCUT2D eigenvalue weighted by Crippen LogP contribution is -2.58. The maximum absolute atomic E-state index is 13.0. The van der Waals surface area contributed by atoms with E-state index in [1.807, 2.05) is 25.7 Å². The van der Waals surface area contributed by atoms with Crippen LogP contribution in [0.3, 0.4) is 0 Å². The molecule has 2 aliphatic heterocycles. The van der Waals surface area contributed by atoms with E-state index in [1.165, 1.54) is 0 Å². The van der Waals surface area contributed by atoms with Gasteiger partial charge >= 0.3 is 0 Å². The van der Waals surface area contributed by atoms with E-state index >= 15 is 0 Å². The van der Waals surface area contributed by atoms with E-state index in [0.29, 0.717) is 45.8 Å². The van der Waals surface area contributed by atoms with Crippen molar-refractivity contribution in [1.29, 1.82) is 0 Å². The lowest BCUT2D eigenvalue weighted by Gasteiger charge is -2.46. The number of nitrogen functional groups attached to an aromatic ring is 1. The molecule has 1 amide bonds. The van der Waals surface area contributed by atoms with Crippen molar-refractivity contribution in [2.24, 2.45) is 0 Å². The average Bonchev–Trinajstić information content (AvgIpc) is 3.36. The van der Waals surface area contributed by atoms with Gasteiger partial charge in [-0.15, -0.1) is 10.2 Å². The second-order valence-electron chi connectivity index (χ2n) is 9.58. The first-order chi connectivity index (χ1) is 18.3. The van der Waals surface area contributed by atoms with Gasteiger partial charge in [-0.1, -0.05) is 25.4 Å². The fourth-order valence-corrected chi connectivity index (χ4v) is 5.48. The van der Waals surface area contributed by atoms with Crippen LogP contribution in [0.1, 0.15) is 55.6 Å². The van der Waals surface area contributed by atoms with Gasteiger partial charge in [-0.2, -0.15) is 0 Å². The summed E-state index contributed by atoms with van der Waals surface area (Å²) in [4.78, 5) is 29.1. The van der Waals surface area contributed by atoms with Crippen LogP contribution >= 0.6 is 11.6 Å². The number of halogens is 1. The minimum absolute atomic E-state index is 0.0197. The second-order valence-corrected chi connectivity index (χ2v) is 10.0. The van der Waals surface area contributed by atoms with E-state index < -0.39 is 0 Å². The quantitative estimate of drug-likeness (QED) is 0.485. The highest BCUT2D eigenvalue weighted by Crippen LogP contribution is 2.27. The van der Waals surface area contributed by atoms with Crippen molar-refractivity contribution in [3.63, 3.8) is 0 Å². The Morgan fingerprint density at radius 3 is 2.45 bits per heavy atom. The molecule has 0 aliphatic carbocycles. The number of aromatic nitrogens is 4. The molecule has 1 unspecified atom stereocenters. The number of likely N-dealkylation sites (tertiary alicyclic amines) is 1. The summed E-state index contributed by atoms with van der Waals surface area (Å²) < 4.78 is 5.49. The number of rotatable bonds is 4. The van der Waals surface area contributed by atoms with Crippen LogP contribution in [0.15, 0.2) is 28.8 Å². The van der Waals surface area contributed by atoms with Crippen LogP contribution in [0.25, 0.3) is 11.6 Å². The molecule has 10 nitrogen and oxygen atoms in total. The smallest absolute Gasteiger partial charge is 0.267 e. The summed E-state index contributed by atoms with van der Waals surface area (Å²) >= 11 is 5.99. The number of amides is 1. The van der Waals surface area contributed by atoms with Crippen molar-refractivity contribution in [3.8, 4) is 11.6 Å². The average molecular weight is 541 g/mol. The van der Waals surface area contributed by atoms with Crippen LogP contribution in [-0.4, -0.2) is 80.7 Å². The summed E-state index contributed by atoms with van der Waals surface area (Å²) in [6.07, 6.45) is 3.59. The van der Waals surface area contributed by atoms with Crippen molar-refractivity contribution in [2.75, 3.05) is 43.4 Å². The number of nitrogens with zero attached hydrogens (tertiary/aromatic N) is 7. The third-order valence-electron chi connectivity index (χ3n) is 7.11. The van der Waals surface area contributed by atoms with E-state index in [9.17, 15) is 4.79 Å². The molecular weight excluding hydrogens is 504 g/mol. The summed E-state index contributed by atoms with van der Waals surface area (Å²) in [7, 11) is 0. The van der Waals surface area contributed by atoms with Gasteiger partial charge in [-0.3, -0.25) is 9.69 Å². The summed E-state index contributed by atoms with van der Waals surface area (Å²) in [6.45, 7) is 14.1. The Morgan fingerprint density at radius 2 is 1.84 bits per heavy atom. The number of benzene rings is 1. The summed E-state index contributed by atoms with van der Waals surface area (Å²) in [5.74, 6) is 1.76. The minimum atomic E-state index is -0.0197. The van der Waals surface area contributed by atoms with Crippen molar-refractivity contribution >= 4 is 29.0 Å². The fraction of sp³-hybridized carbons (Fsp3) is 0.519. The highest BCUT2D eigenvalue weighted by molar-refractivity contribution is 6.31. The molecule has 0 bridgehead atoms. The van der Waals surface area contributed by atoms with Crippen LogP contribution < -0.4 is 10.6 Å². The Balaban J connectivity index is 0.00000164. The van der Waals surface area contributed by atoms with Crippen LogP contribution in [-0.2, 0) is 0 Å². The highest BCUT2D eigenvalue weighted by Gasteiger charge is 2.34. The fourth-order valence-electron chi connectivity index (χ4n) is 5.29. The molecule has 1 aromatic carbocycles. The van der Waals surface area contributed by atoms with Gasteiger partial charge in [0.1, 0.15) is 11.5 Å². The lowest BCUT2D eigenvalue weighted by atomic mass is 9.99. The Bertz CT molecular complexity index is 1260. The first-order valence-corrected chi connectivity index (χ1v) is 13.7. The zero-order valence-electron chi connectivity index (χ0n) is 22.8. The normalized spacial score (nSPS) is 18.7. The van der Waals surface area contributed by atoms with Crippen LogP contribution in [0.4, 0.5) is 11.5 Å². The summed E-state index contributed by atoms with van der Waals surface area (Å²) in [5, 5.41) is 8.45. The van der Waals surface area contributed by atoms with Crippen molar-refractivity contribution in [2.45, 2.75) is 59.5 Å². The summed E-state index contributed by atoms with van der Waals surface area (Å²) in [5.41, 5.74) is 8.42. The van der Waals surface area contributed by atoms with Gasteiger partial charge in [0.05, 0.1) is 17.5 Å². The number of anilines is 2. The van der Waals surface area contributed by atoms with Gasteiger partial charge < -0.3 is 20.0 Å². The standard InChI is InChI=1S/C25H31ClN8O2.C2H6/c1-15-14-33(23-16(2)29-22(13-28-23)24-31-30-17(3)36-24)10-11-34(15)19-6-8-32(9-7-19)25(35)20-5-4-18(26)12-21(20)27;1-2/h4-5,12-13,15,19H,6-11,14,27H2,1-3H3;1-2H3. The van der Waals surface area contributed by atoms with Gasteiger partial charge in [-0.25, -0.2) is 9.97 Å². The molecule has 0 spiro atoms. The molecule has 1 atom stereocenters. The summed E-state index contributed by atoms with van der Waals surface area (Å²) in [6, 6.07) is 5.87. The molecule has 4 heterocycles. The van der Waals surface area contributed by atoms with Gasteiger partial charge in [0.15, 0.2) is 0 Å². The number of hydrogen-bond donors (Lipinski definition) is 1. The molecule has 0 radical (unpaired) electrons. The van der Waals surface area contributed by atoms with Crippen LogP contribution in [0, 0.1) is 13.8 Å². The first-order valence-electron chi connectivity index (χ1n) is 13.3. The van der Waals surface area contributed by atoms with Crippen molar-refractivity contribution in [3.05, 3.63) is 46.6 Å². The SMILES string of the molecule is CC.Cc1nnc(-c2cnc(N3CCN(C4CCN(C(=O)c5ccc(Cl)cc5N)CC4)C(C)C3)c(C)n2)o1. The molecule has 204 valence electrons. The molecule has 11 heteroatoms. The maximum atomic E-state index is 13.0. The van der Waals surface area contributed by atoms with Crippen LogP contribution in [0.2, 0.25) is 5.02 Å². The Labute approximate surface area is 229 Å². The number of nitrogens with two attached hydrogens (primary N) is 1. The molecule has 2 saturated heterocycles. The predicted octanol–water partition coefficient (Wildman–Crippen LogP) is 4.22. The molecule has 0 saturated carbocycles. The number of hydrogen-bond acceptors (Lipinski definition) is 9. The Hall–Kier alpha value is -3.24. The largest absolute Gasteiger partial charge is 0.420 e. The number of aryl methyl sites for hydroxylation is 2. The van der Waals surface area contributed by atoms with Crippen molar-refractivity contribution < 1.29 is 9.21 Å². The monoisotopic (exact) mass is 540 g/mol. The van der Waals surface area contributed by atoms with Gasteiger partial charge in [0.2, 0.25) is 5.89 Å². The second kappa shape index (κ2) is 12.1. The van der Waals surface area contributed by atoms with Gasteiger partial charge in [0.25, 0.3) is 11.8 Å². The van der Waals surface area contributed by atoms with Crippen molar-refractivity contribution in [1.82, 2.24) is 30.0 Å². The van der Waals surface area contributed by atoms with E-state index in [-0.39, 0.29) is 5.91 Å². The third-order valence-corrected chi connectivity index (χ3v) is 7.34. The first kappa shape index (κ1) is 27.8. The number of carbonyl (C=O) groups excluding carboxylic acids is 1. The Kier molecular flexibility index (Phi) is 8.83. The molecule has 2 aliphatic rings. The third kappa shape index (κ3) is 5.91.